The molecule has 0 unspecified atom stereocenters. The molecule has 0 saturated carbocycles. The molecular formula is C25H25F3N4O3S2. The van der Waals surface area contributed by atoms with Gasteiger partial charge >= 0.3 is 6.18 Å². The van der Waals surface area contributed by atoms with E-state index >= 15 is 0 Å². The Balaban J connectivity index is 1.61. The second-order valence-electron chi connectivity index (χ2n) is 9.60. The van der Waals surface area contributed by atoms with Crippen LogP contribution in [0, 0.1) is 0 Å². The molecule has 2 aliphatic rings. The van der Waals surface area contributed by atoms with Crippen LogP contribution >= 0.6 is 11.5 Å². The van der Waals surface area contributed by atoms with Gasteiger partial charge in [-0.25, -0.2) is 13.4 Å². The highest BCUT2D eigenvalue weighted by Gasteiger charge is 2.35. The quantitative estimate of drug-likeness (QED) is 0.440. The van der Waals surface area contributed by atoms with E-state index in [0.29, 0.717) is 22.4 Å². The van der Waals surface area contributed by atoms with Gasteiger partial charge in [0.25, 0.3) is 10.0 Å². The van der Waals surface area contributed by atoms with E-state index in [4.69, 9.17) is 4.74 Å². The fourth-order valence-electron chi connectivity index (χ4n) is 4.78. The molecule has 0 spiro atoms. The van der Waals surface area contributed by atoms with Crippen molar-refractivity contribution in [1.29, 1.82) is 0 Å². The number of nitrogens with zero attached hydrogens (tertiary/aromatic N) is 2. The first-order chi connectivity index (χ1) is 17.4. The molecule has 0 atom stereocenters. The molecule has 37 heavy (non-hydrogen) atoms. The van der Waals surface area contributed by atoms with Crippen molar-refractivity contribution in [3.05, 3.63) is 71.1 Å². The molecule has 12 heteroatoms. The summed E-state index contributed by atoms with van der Waals surface area (Å²) in [7, 11) is -3.96. The van der Waals surface area contributed by atoms with Crippen LogP contribution in [0.2, 0.25) is 0 Å². The van der Waals surface area contributed by atoms with Gasteiger partial charge in [-0.3, -0.25) is 4.72 Å². The first-order valence-corrected chi connectivity index (χ1v) is 14.0. The molecule has 2 aliphatic heterocycles. The Bertz CT molecular complexity index is 1450. The molecule has 0 radical (unpaired) electrons. The maximum absolute atomic E-state index is 13.6. The molecule has 2 aromatic carbocycles. The van der Waals surface area contributed by atoms with E-state index in [2.05, 4.69) is 19.4 Å². The fourth-order valence-corrected chi connectivity index (χ4v) is 6.46. The Morgan fingerprint density at radius 1 is 1.11 bits per heavy atom. The standard InChI is InChI=1S/C25H25F3N4O3S2/c1-24(2)13-21(18-5-3-16(25(26,27)28)11-20(18)15-7-9-29-10-8-15)19-6-4-17(12-22(19)35-24)37(33,34)32-23-30-14-31-36-23/h3-6,11-15,29H,7-10H2,1-2H3,(H,30,31,32). The van der Waals surface area contributed by atoms with Gasteiger partial charge in [-0.1, -0.05) is 6.07 Å². The maximum atomic E-state index is 13.6. The van der Waals surface area contributed by atoms with Crippen molar-refractivity contribution < 1.29 is 26.3 Å². The number of aromatic nitrogens is 2. The number of ether oxygens (including phenoxy) is 1. The lowest BCUT2D eigenvalue weighted by atomic mass is 9.80. The number of hydrogen-bond donors (Lipinski definition) is 2. The van der Waals surface area contributed by atoms with E-state index in [0.717, 1.165) is 49.1 Å². The maximum Gasteiger partial charge on any atom is 0.416 e. The number of rotatable bonds is 5. The molecule has 0 aliphatic carbocycles. The van der Waals surface area contributed by atoms with Gasteiger partial charge in [0.1, 0.15) is 17.7 Å². The van der Waals surface area contributed by atoms with E-state index in [1.165, 1.54) is 30.6 Å². The number of benzene rings is 2. The van der Waals surface area contributed by atoms with Crippen molar-refractivity contribution in [3.8, 4) is 5.75 Å². The van der Waals surface area contributed by atoms with Gasteiger partial charge in [0, 0.05) is 23.2 Å². The lowest BCUT2D eigenvalue weighted by Gasteiger charge is -2.33. The lowest BCUT2D eigenvalue weighted by Crippen LogP contribution is -2.30. The molecule has 3 aromatic rings. The molecule has 1 aromatic heterocycles. The lowest BCUT2D eigenvalue weighted by molar-refractivity contribution is -0.137. The molecule has 1 fully saturated rings. The Morgan fingerprint density at radius 2 is 1.84 bits per heavy atom. The monoisotopic (exact) mass is 550 g/mol. The zero-order valence-electron chi connectivity index (χ0n) is 20.1. The van der Waals surface area contributed by atoms with Crippen molar-refractivity contribution in [3.63, 3.8) is 0 Å². The number of fused-ring (bicyclic) bond motifs is 1. The van der Waals surface area contributed by atoms with Gasteiger partial charge in [0.15, 0.2) is 0 Å². The summed E-state index contributed by atoms with van der Waals surface area (Å²) in [4.78, 5) is 3.84. The van der Waals surface area contributed by atoms with Gasteiger partial charge in [-0.15, -0.1) is 0 Å². The number of halogens is 3. The Labute approximate surface area is 217 Å². The molecule has 2 N–H and O–H groups in total. The normalized spacial score (nSPS) is 18.0. The zero-order chi connectivity index (χ0) is 26.4. The minimum atomic E-state index is -4.45. The molecule has 1 saturated heterocycles. The van der Waals surface area contributed by atoms with Gasteiger partial charge in [-0.05, 0) is 92.7 Å². The molecule has 0 bridgehead atoms. The number of anilines is 1. The summed E-state index contributed by atoms with van der Waals surface area (Å²) in [6, 6.07) is 8.41. The number of nitrogens with one attached hydrogen (secondary N) is 2. The Kier molecular flexibility index (Phi) is 6.53. The minimum Gasteiger partial charge on any atom is -0.483 e. The van der Waals surface area contributed by atoms with Crippen LogP contribution in [0.1, 0.15) is 54.9 Å². The second kappa shape index (κ2) is 9.41. The van der Waals surface area contributed by atoms with Crippen LogP contribution in [0.25, 0.3) is 5.57 Å². The number of hydrogen-bond acceptors (Lipinski definition) is 7. The fraction of sp³-hybridized carbons (Fsp3) is 0.360. The van der Waals surface area contributed by atoms with E-state index < -0.39 is 27.4 Å². The van der Waals surface area contributed by atoms with Gasteiger partial charge in [0.05, 0.1) is 10.5 Å². The van der Waals surface area contributed by atoms with E-state index in [1.807, 2.05) is 19.9 Å². The SMILES string of the molecule is CC1(C)C=C(c2ccc(C(F)(F)F)cc2C2CCNCC2)c2ccc(S(=O)(=O)Nc3ncns3)cc2O1. The molecule has 0 amide bonds. The first kappa shape index (κ1) is 25.7. The summed E-state index contributed by atoms with van der Waals surface area (Å²) < 4.78 is 79.1. The van der Waals surface area contributed by atoms with Crippen molar-refractivity contribution in [2.45, 2.75) is 49.3 Å². The average Bonchev–Trinajstić information content (AvgIpc) is 3.34. The highest BCUT2D eigenvalue weighted by Crippen LogP contribution is 2.45. The summed E-state index contributed by atoms with van der Waals surface area (Å²) in [6.07, 6.45) is 0.133. The predicted molar refractivity (Wildman–Crippen MR) is 135 cm³/mol. The summed E-state index contributed by atoms with van der Waals surface area (Å²) >= 11 is 0.912. The molecule has 7 nitrogen and oxygen atoms in total. The van der Waals surface area contributed by atoms with E-state index in [1.54, 1.807) is 6.07 Å². The smallest absolute Gasteiger partial charge is 0.416 e. The Morgan fingerprint density at radius 3 is 2.51 bits per heavy atom. The molecule has 3 heterocycles. The number of alkyl halides is 3. The topological polar surface area (TPSA) is 93.2 Å². The summed E-state index contributed by atoms with van der Waals surface area (Å²) in [5.74, 6) is 0.295. The van der Waals surface area contributed by atoms with E-state index in [-0.39, 0.29) is 15.9 Å². The van der Waals surface area contributed by atoms with Crippen molar-refractivity contribution in [2.75, 3.05) is 17.8 Å². The van der Waals surface area contributed by atoms with Gasteiger partial charge < -0.3 is 10.1 Å². The highest BCUT2D eigenvalue weighted by molar-refractivity contribution is 7.93. The van der Waals surface area contributed by atoms with Gasteiger partial charge in [-0.2, -0.15) is 17.5 Å². The van der Waals surface area contributed by atoms with Crippen LogP contribution in [-0.2, 0) is 16.2 Å². The van der Waals surface area contributed by atoms with Crippen LogP contribution < -0.4 is 14.8 Å². The van der Waals surface area contributed by atoms with Crippen molar-refractivity contribution in [1.82, 2.24) is 14.7 Å². The van der Waals surface area contributed by atoms with E-state index in [9.17, 15) is 21.6 Å². The molecular weight excluding hydrogens is 525 g/mol. The highest BCUT2D eigenvalue weighted by atomic mass is 32.2. The summed E-state index contributed by atoms with van der Waals surface area (Å²) in [6.45, 7) is 5.11. The first-order valence-electron chi connectivity index (χ1n) is 11.7. The van der Waals surface area contributed by atoms with Crippen molar-refractivity contribution >= 4 is 32.3 Å². The van der Waals surface area contributed by atoms with Crippen LogP contribution in [0.4, 0.5) is 18.3 Å². The predicted octanol–water partition coefficient (Wildman–Crippen LogP) is 5.43. The largest absolute Gasteiger partial charge is 0.483 e. The van der Waals surface area contributed by atoms with Crippen LogP contribution in [0.15, 0.2) is 53.7 Å². The summed E-state index contributed by atoms with van der Waals surface area (Å²) in [5, 5.41) is 3.40. The minimum absolute atomic E-state index is 0.0236. The van der Waals surface area contributed by atoms with Gasteiger partial charge in [0.2, 0.25) is 5.13 Å². The van der Waals surface area contributed by atoms with Crippen molar-refractivity contribution in [2.24, 2.45) is 0 Å². The third kappa shape index (κ3) is 5.36. The van der Waals surface area contributed by atoms with Crippen LogP contribution in [0.5, 0.6) is 5.75 Å². The van der Waals surface area contributed by atoms with Crippen LogP contribution in [0.3, 0.4) is 0 Å². The molecule has 5 rings (SSSR count). The summed E-state index contributed by atoms with van der Waals surface area (Å²) in [5.41, 5.74) is 1.16. The average molecular weight is 551 g/mol. The molecule has 196 valence electrons. The number of sulfonamides is 1. The second-order valence-corrected chi connectivity index (χ2v) is 12.1. The third-order valence-corrected chi connectivity index (χ3v) is 8.50. The third-order valence-electron chi connectivity index (χ3n) is 6.45. The van der Waals surface area contributed by atoms with Crippen LogP contribution in [-0.4, -0.2) is 36.5 Å². The Hall–Kier alpha value is -2.96. The number of piperidine rings is 1. The zero-order valence-corrected chi connectivity index (χ0v) is 21.7.